The Morgan fingerprint density at radius 2 is 1.81 bits per heavy atom. The molecule has 16 heavy (non-hydrogen) atoms. The molecule has 1 aliphatic heterocycles. The highest BCUT2D eigenvalue weighted by Crippen LogP contribution is 2.30. The van der Waals surface area contributed by atoms with Crippen molar-refractivity contribution in [1.82, 2.24) is 4.31 Å². The molecule has 1 aliphatic rings. The molecular formula is C12H17ClN2S. The average Bonchev–Trinajstić information content (AvgIpc) is 2.46. The van der Waals surface area contributed by atoms with Crippen LogP contribution in [-0.4, -0.2) is 16.7 Å². The van der Waals surface area contributed by atoms with Gasteiger partial charge in [-0.25, -0.2) is 0 Å². The van der Waals surface area contributed by atoms with Gasteiger partial charge in [0.1, 0.15) is 5.84 Å². The summed E-state index contributed by atoms with van der Waals surface area (Å²) in [6.07, 6.45) is 0. The minimum atomic E-state index is 0. The number of thiol groups is 1. The van der Waals surface area contributed by atoms with E-state index >= 15 is 0 Å². The number of rotatable bonds is 1. The molecule has 1 aromatic rings. The maximum atomic E-state index is 4.63. The monoisotopic (exact) mass is 256 g/mol. The van der Waals surface area contributed by atoms with E-state index in [1.54, 1.807) is 0 Å². The minimum absolute atomic E-state index is 0. The number of nitrogens with zero attached hydrogens (tertiary/aromatic N) is 2. The van der Waals surface area contributed by atoms with E-state index in [2.05, 4.69) is 49.9 Å². The molecule has 0 aliphatic carbocycles. The van der Waals surface area contributed by atoms with Crippen LogP contribution in [0.25, 0.3) is 0 Å². The second-order valence-corrected chi connectivity index (χ2v) is 4.56. The topological polar surface area (TPSA) is 15.6 Å². The van der Waals surface area contributed by atoms with Crippen molar-refractivity contribution < 1.29 is 0 Å². The first-order valence-corrected chi connectivity index (χ1v) is 5.56. The van der Waals surface area contributed by atoms with E-state index in [-0.39, 0.29) is 18.4 Å². The van der Waals surface area contributed by atoms with Crippen molar-refractivity contribution in [3.63, 3.8) is 0 Å². The number of hydrogen-bond donors (Lipinski definition) is 1. The van der Waals surface area contributed by atoms with Gasteiger partial charge in [-0.15, -0.1) is 12.4 Å². The Kier molecular flexibility index (Phi) is 4.28. The highest BCUT2D eigenvalue weighted by molar-refractivity contribution is 7.78. The molecule has 2 nitrogen and oxygen atoms in total. The van der Waals surface area contributed by atoms with Crippen LogP contribution < -0.4 is 0 Å². The quantitative estimate of drug-likeness (QED) is 0.762. The lowest BCUT2D eigenvalue weighted by Gasteiger charge is -2.15. The van der Waals surface area contributed by atoms with E-state index in [0.29, 0.717) is 0 Å². The van der Waals surface area contributed by atoms with Crippen molar-refractivity contribution in [1.29, 1.82) is 0 Å². The first-order valence-electron chi connectivity index (χ1n) is 5.16. The molecule has 0 saturated heterocycles. The van der Waals surface area contributed by atoms with Gasteiger partial charge in [0.05, 0.1) is 12.6 Å². The van der Waals surface area contributed by atoms with Crippen molar-refractivity contribution in [2.24, 2.45) is 4.99 Å². The van der Waals surface area contributed by atoms with Crippen LogP contribution in [0.3, 0.4) is 0 Å². The SMILES string of the molecule is CC1=NC(c2c(C)cccc2C)CN1S.Cl. The summed E-state index contributed by atoms with van der Waals surface area (Å²) in [4.78, 5) is 4.63. The molecule has 1 atom stereocenters. The fourth-order valence-corrected chi connectivity index (χ4v) is 2.34. The molecule has 0 bridgehead atoms. The standard InChI is InChI=1S/C12H16N2S.ClH/c1-8-5-4-6-9(2)12(8)11-7-14(15)10(3)13-11;/h4-6,11,15H,7H2,1-3H3;1H. The predicted octanol–water partition coefficient (Wildman–Crippen LogP) is 3.35. The van der Waals surface area contributed by atoms with E-state index in [1.165, 1.54) is 16.7 Å². The Bertz CT molecular complexity index is 397. The summed E-state index contributed by atoms with van der Waals surface area (Å²) >= 11 is 4.37. The fourth-order valence-electron chi connectivity index (χ4n) is 2.14. The van der Waals surface area contributed by atoms with Crippen molar-refractivity contribution in [2.45, 2.75) is 26.8 Å². The van der Waals surface area contributed by atoms with Crippen LogP contribution >= 0.6 is 25.2 Å². The highest BCUT2D eigenvalue weighted by Gasteiger charge is 2.23. The van der Waals surface area contributed by atoms with Gasteiger partial charge in [-0.05, 0) is 37.5 Å². The molecule has 1 aromatic carbocycles. The van der Waals surface area contributed by atoms with Gasteiger partial charge in [0.15, 0.2) is 0 Å². The molecular weight excluding hydrogens is 240 g/mol. The Morgan fingerprint density at radius 1 is 1.25 bits per heavy atom. The molecule has 4 heteroatoms. The largest absolute Gasteiger partial charge is 0.305 e. The second kappa shape index (κ2) is 5.11. The number of hydrogen-bond acceptors (Lipinski definition) is 3. The van der Waals surface area contributed by atoms with E-state index < -0.39 is 0 Å². The Balaban J connectivity index is 0.00000128. The van der Waals surface area contributed by atoms with Gasteiger partial charge in [-0.3, -0.25) is 4.99 Å². The van der Waals surface area contributed by atoms with Crippen molar-refractivity contribution in [3.05, 3.63) is 34.9 Å². The van der Waals surface area contributed by atoms with Crippen LogP contribution in [0.5, 0.6) is 0 Å². The number of amidine groups is 1. The molecule has 2 rings (SSSR count). The minimum Gasteiger partial charge on any atom is -0.305 e. The van der Waals surface area contributed by atoms with Crippen LogP contribution in [0.1, 0.15) is 29.7 Å². The fraction of sp³-hybridized carbons (Fsp3) is 0.417. The van der Waals surface area contributed by atoms with Crippen LogP contribution in [-0.2, 0) is 0 Å². The summed E-state index contributed by atoms with van der Waals surface area (Å²) in [5, 5.41) is 0. The predicted molar refractivity (Wildman–Crippen MR) is 74.7 cm³/mol. The van der Waals surface area contributed by atoms with E-state index in [9.17, 15) is 0 Å². The molecule has 1 heterocycles. The van der Waals surface area contributed by atoms with Crippen molar-refractivity contribution in [3.8, 4) is 0 Å². The summed E-state index contributed by atoms with van der Waals surface area (Å²) < 4.78 is 1.91. The first-order chi connectivity index (χ1) is 7.09. The molecule has 0 N–H and O–H groups in total. The summed E-state index contributed by atoms with van der Waals surface area (Å²) in [7, 11) is 0. The van der Waals surface area contributed by atoms with Crippen LogP contribution in [0.15, 0.2) is 23.2 Å². The molecule has 0 aromatic heterocycles. The number of halogens is 1. The van der Waals surface area contributed by atoms with Gasteiger partial charge in [-0.1, -0.05) is 31.0 Å². The summed E-state index contributed by atoms with van der Waals surface area (Å²) in [6, 6.07) is 6.64. The summed E-state index contributed by atoms with van der Waals surface area (Å²) in [5.74, 6) is 1.01. The Labute approximate surface area is 109 Å². The van der Waals surface area contributed by atoms with Gasteiger partial charge >= 0.3 is 0 Å². The van der Waals surface area contributed by atoms with Crippen LogP contribution in [0.4, 0.5) is 0 Å². The average molecular weight is 257 g/mol. The second-order valence-electron chi connectivity index (χ2n) is 4.08. The molecule has 0 fully saturated rings. The third-order valence-electron chi connectivity index (χ3n) is 2.94. The zero-order valence-corrected chi connectivity index (χ0v) is 11.5. The zero-order chi connectivity index (χ0) is 11.0. The maximum Gasteiger partial charge on any atom is 0.106 e. The molecule has 0 spiro atoms. The van der Waals surface area contributed by atoms with Gasteiger partial charge in [-0.2, -0.15) is 0 Å². The third-order valence-corrected chi connectivity index (χ3v) is 3.39. The normalized spacial score (nSPS) is 19.4. The van der Waals surface area contributed by atoms with E-state index in [0.717, 1.165) is 12.4 Å². The Morgan fingerprint density at radius 3 is 2.25 bits per heavy atom. The summed E-state index contributed by atoms with van der Waals surface area (Å²) in [5.41, 5.74) is 3.99. The van der Waals surface area contributed by atoms with Gasteiger partial charge < -0.3 is 4.31 Å². The lowest BCUT2D eigenvalue weighted by atomic mass is 9.97. The Hall–Kier alpha value is -0.670. The smallest absolute Gasteiger partial charge is 0.106 e. The lowest BCUT2D eigenvalue weighted by molar-refractivity contribution is 0.635. The number of aliphatic imine (C=N–C) groups is 1. The molecule has 0 radical (unpaired) electrons. The number of benzene rings is 1. The first kappa shape index (κ1) is 13.4. The van der Waals surface area contributed by atoms with Crippen LogP contribution in [0, 0.1) is 13.8 Å². The van der Waals surface area contributed by atoms with Crippen molar-refractivity contribution >= 4 is 31.1 Å². The molecule has 88 valence electrons. The van der Waals surface area contributed by atoms with E-state index in [1.807, 2.05) is 11.2 Å². The van der Waals surface area contributed by atoms with Gasteiger partial charge in [0.25, 0.3) is 0 Å². The maximum absolute atomic E-state index is 4.63. The highest BCUT2D eigenvalue weighted by atomic mass is 35.5. The van der Waals surface area contributed by atoms with Crippen LogP contribution in [0.2, 0.25) is 0 Å². The van der Waals surface area contributed by atoms with Gasteiger partial charge in [0.2, 0.25) is 0 Å². The van der Waals surface area contributed by atoms with Gasteiger partial charge in [0, 0.05) is 0 Å². The third kappa shape index (κ3) is 2.36. The molecule has 0 saturated carbocycles. The molecule has 1 unspecified atom stereocenters. The molecule has 0 amide bonds. The summed E-state index contributed by atoms with van der Waals surface area (Å²) in [6.45, 7) is 7.17. The number of aryl methyl sites for hydroxylation is 2. The lowest BCUT2D eigenvalue weighted by Crippen LogP contribution is -2.15. The van der Waals surface area contributed by atoms with Crippen molar-refractivity contribution in [2.75, 3.05) is 6.54 Å². The van der Waals surface area contributed by atoms with E-state index in [4.69, 9.17) is 0 Å². The zero-order valence-electron chi connectivity index (χ0n) is 9.77.